The van der Waals surface area contributed by atoms with Gasteiger partial charge >= 0.3 is 0 Å². The zero-order chi connectivity index (χ0) is 11.4. The van der Waals surface area contributed by atoms with Crippen LogP contribution in [0.3, 0.4) is 0 Å². The van der Waals surface area contributed by atoms with E-state index in [0.717, 1.165) is 0 Å². The van der Waals surface area contributed by atoms with Gasteiger partial charge in [0.1, 0.15) is 5.65 Å². The molecule has 0 unspecified atom stereocenters. The standard InChI is InChI=1S/C9H7ClN2O.C2H6/c1-6-4-9(13)12-5-7(10)2-3-8(12)11-6;1-2/h2-5H,1H3;1-2H3. The number of hydrogen-bond acceptors (Lipinski definition) is 2. The van der Waals surface area contributed by atoms with Gasteiger partial charge < -0.3 is 0 Å². The molecule has 0 spiro atoms. The quantitative estimate of drug-likeness (QED) is 0.690. The van der Waals surface area contributed by atoms with E-state index in [1.807, 2.05) is 13.8 Å². The van der Waals surface area contributed by atoms with Crippen LogP contribution in [0.15, 0.2) is 29.2 Å². The summed E-state index contributed by atoms with van der Waals surface area (Å²) in [6, 6.07) is 4.91. The van der Waals surface area contributed by atoms with Gasteiger partial charge in [-0.3, -0.25) is 9.20 Å². The summed E-state index contributed by atoms with van der Waals surface area (Å²) in [6.07, 6.45) is 1.56. The van der Waals surface area contributed by atoms with E-state index in [-0.39, 0.29) is 5.56 Å². The number of hydrogen-bond donors (Lipinski definition) is 0. The molecule has 0 saturated heterocycles. The van der Waals surface area contributed by atoms with Crippen molar-refractivity contribution >= 4 is 17.2 Å². The molecule has 0 radical (unpaired) electrons. The highest BCUT2D eigenvalue weighted by Crippen LogP contribution is 2.07. The van der Waals surface area contributed by atoms with Crippen LogP contribution in [-0.4, -0.2) is 9.38 Å². The molecule has 80 valence electrons. The molecule has 4 heteroatoms. The van der Waals surface area contributed by atoms with Crippen LogP contribution in [0.25, 0.3) is 5.65 Å². The molecular formula is C11H13ClN2O. The lowest BCUT2D eigenvalue weighted by molar-refractivity contribution is 1.02. The monoisotopic (exact) mass is 224 g/mol. The average molecular weight is 225 g/mol. The molecule has 3 nitrogen and oxygen atoms in total. The molecule has 0 N–H and O–H groups in total. The second-order valence-electron chi connectivity index (χ2n) is 2.81. The van der Waals surface area contributed by atoms with Crippen LogP contribution in [0.5, 0.6) is 0 Å². The minimum atomic E-state index is -0.106. The van der Waals surface area contributed by atoms with Gasteiger partial charge in [-0.05, 0) is 19.1 Å². The minimum absolute atomic E-state index is 0.106. The van der Waals surface area contributed by atoms with Crippen molar-refractivity contribution in [1.29, 1.82) is 0 Å². The summed E-state index contributed by atoms with van der Waals surface area (Å²) in [7, 11) is 0. The van der Waals surface area contributed by atoms with Crippen molar-refractivity contribution in [3.05, 3.63) is 45.5 Å². The van der Waals surface area contributed by atoms with Crippen molar-refractivity contribution in [2.75, 3.05) is 0 Å². The molecule has 0 aliphatic heterocycles. The maximum absolute atomic E-state index is 11.4. The predicted molar refractivity (Wildman–Crippen MR) is 62.6 cm³/mol. The normalized spacial score (nSPS) is 9.60. The number of fused-ring (bicyclic) bond motifs is 1. The minimum Gasteiger partial charge on any atom is -0.269 e. The Hall–Kier alpha value is -1.35. The predicted octanol–water partition coefficient (Wildman–Crippen LogP) is 2.68. The highest BCUT2D eigenvalue weighted by atomic mass is 35.5. The molecule has 0 atom stereocenters. The van der Waals surface area contributed by atoms with Crippen LogP contribution < -0.4 is 5.56 Å². The van der Waals surface area contributed by atoms with Crippen LogP contribution in [-0.2, 0) is 0 Å². The first-order valence-electron chi connectivity index (χ1n) is 4.82. The summed E-state index contributed by atoms with van der Waals surface area (Å²) < 4.78 is 1.43. The Morgan fingerprint density at radius 1 is 1.33 bits per heavy atom. The molecule has 15 heavy (non-hydrogen) atoms. The summed E-state index contributed by atoms with van der Waals surface area (Å²) in [6.45, 7) is 5.79. The van der Waals surface area contributed by atoms with Gasteiger partial charge in [-0.15, -0.1) is 0 Å². The van der Waals surface area contributed by atoms with E-state index in [2.05, 4.69) is 4.98 Å². The summed E-state index contributed by atoms with van der Waals surface area (Å²) in [4.78, 5) is 15.6. The van der Waals surface area contributed by atoms with E-state index in [1.54, 1.807) is 25.3 Å². The Kier molecular flexibility index (Phi) is 3.86. The SMILES string of the molecule is CC.Cc1cc(=O)n2cc(Cl)ccc2n1. The van der Waals surface area contributed by atoms with Gasteiger partial charge in [0, 0.05) is 18.0 Å². The Morgan fingerprint density at radius 2 is 2.00 bits per heavy atom. The van der Waals surface area contributed by atoms with Crippen LogP contribution >= 0.6 is 11.6 Å². The molecule has 2 rings (SSSR count). The Labute approximate surface area is 93.3 Å². The van der Waals surface area contributed by atoms with E-state index in [1.165, 1.54) is 10.5 Å². The average Bonchev–Trinajstić information content (AvgIpc) is 2.22. The molecule has 0 aliphatic carbocycles. The van der Waals surface area contributed by atoms with Gasteiger partial charge in [0.05, 0.1) is 5.02 Å². The smallest absolute Gasteiger partial charge is 0.258 e. The van der Waals surface area contributed by atoms with Crippen LogP contribution in [0.2, 0.25) is 5.02 Å². The van der Waals surface area contributed by atoms with Gasteiger partial charge in [0.2, 0.25) is 0 Å². The van der Waals surface area contributed by atoms with E-state index < -0.39 is 0 Å². The first kappa shape index (κ1) is 11.7. The molecule has 0 bridgehead atoms. The zero-order valence-corrected chi connectivity index (χ0v) is 9.75. The Morgan fingerprint density at radius 3 is 2.67 bits per heavy atom. The number of nitrogens with zero attached hydrogens (tertiary/aromatic N) is 2. The third-order valence-electron chi connectivity index (χ3n) is 1.75. The van der Waals surface area contributed by atoms with Crippen molar-refractivity contribution in [1.82, 2.24) is 9.38 Å². The van der Waals surface area contributed by atoms with Crippen LogP contribution in [0.1, 0.15) is 19.5 Å². The maximum atomic E-state index is 11.4. The lowest BCUT2D eigenvalue weighted by Gasteiger charge is -2.00. The molecule has 0 aliphatic rings. The first-order chi connectivity index (χ1) is 7.16. The maximum Gasteiger partial charge on any atom is 0.258 e. The van der Waals surface area contributed by atoms with Gasteiger partial charge in [-0.25, -0.2) is 4.98 Å². The lowest BCUT2D eigenvalue weighted by Crippen LogP contribution is -2.13. The fourth-order valence-corrected chi connectivity index (χ4v) is 1.36. The molecule has 0 fully saturated rings. The number of aryl methyl sites for hydroxylation is 1. The summed E-state index contributed by atoms with van der Waals surface area (Å²) in [5, 5.41) is 0.528. The van der Waals surface area contributed by atoms with Gasteiger partial charge in [0.25, 0.3) is 5.56 Å². The third kappa shape index (κ3) is 2.57. The molecule has 2 heterocycles. The van der Waals surface area contributed by atoms with Crippen molar-refractivity contribution in [3.63, 3.8) is 0 Å². The Balaban J connectivity index is 0.000000531. The number of halogens is 1. The summed E-state index contributed by atoms with van der Waals surface area (Å²) >= 11 is 5.74. The van der Waals surface area contributed by atoms with E-state index in [0.29, 0.717) is 16.4 Å². The number of pyridine rings is 1. The fraction of sp³-hybridized carbons (Fsp3) is 0.273. The second-order valence-corrected chi connectivity index (χ2v) is 3.25. The van der Waals surface area contributed by atoms with Crippen molar-refractivity contribution in [3.8, 4) is 0 Å². The molecule has 2 aromatic rings. The van der Waals surface area contributed by atoms with E-state index in [4.69, 9.17) is 11.6 Å². The highest BCUT2D eigenvalue weighted by molar-refractivity contribution is 6.30. The number of rotatable bonds is 0. The van der Waals surface area contributed by atoms with Crippen molar-refractivity contribution in [2.45, 2.75) is 20.8 Å². The van der Waals surface area contributed by atoms with Gasteiger partial charge in [-0.2, -0.15) is 0 Å². The van der Waals surface area contributed by atoms with Gasteiger partial charge in [0.15, 0.2) is 0 Å². The second kappa shape index (κ2) is 4.94. The molecular weight excluding hydrogens is 212 g/mol. The first-order valence-corrected chi connectivity index (χ1v) is 5.20. The van der Waals surface area contributed by atoms with Gasteiger partial charge in [-0.1, -0.05) is 25.4 Å². The Bertz CT molecular complexity index is 519. The molecule has 2 aromatic heterocycles. The number of aromatic nitrogens is 2. The van der Waals surface area contributed by atoms with E-state index >= 15 is 0 Å². The van der Waals surface area contributed by atoms with Crippen molar-refractivity contribution in [2.24, 2.45) is 0 Å². The lowest BCUT2D eigenvalue weighted by atomic mass is 10.4. The van der Waals surface area contributed by atoms with E-state index in [9.17, 15) is 4.79 Å². The zero-order valence-electron chi connectivity index (χ0n) is 8.99. The van der Waals surface area contributed by atoms with Crippen LogP contribution in [0.4, 0.5) is 0 Å². The summed E-state index contributed by atoms with van der Waals surface area (Å²) in [5.41, 5.74) is 1.23. The summed E-state index contributed by atoms with van der Waals surface area (Å²) in [5.74, 6) is 0. The molecule has 0 amide bonds. The van der Waals surface area contributed by atoms with Crippen LogP contribution in [0, 0.1) is 6.92 Å². The molecule has 0 aromatic carbocycles. The fourth-order valence-electron chi connectivity index (χ4n) is 1.20. The highest BCUT2D eigenvalue weighted by Gasteiger charge is 1.98. The molecule has 0 saturated carbocycles. The largest absolute Gasteiger partial charge is 0.269 e. The van der Waals surface area contributed by atoms with Crippen molar-refractivity contribution < 1.29 is 0 Å². The topological polar surface area (TPSA) is 34.4 Å². The third-order valence-corrected chi connectivity index (χ3v) is 1.98.